The predicted molar refractivity (Wildman–Crippen MR) is 84.0 cm³/mol. The number of hydrogen-bond acceptors (Lipinski definition) is 3. The second-order valence-electron chi connectivity index (χ2n) is 5.11. The average Bonchev–Trinajstić information content (AvgIpc) is 2.86. The Morgan fingerprint density at radius 1 is 1.20 bits per heavy atom. The zero-order valence-corrected chi connectivity index (χ0v) is 12.4. The highest BCUT2D eigenvalue weighted by molar-refractivity contribution is 5.53. The molecule has 4 nitrogen and oxygen atoms in total. The van der Waals surface area contributed by atoms with Crippen LogP contribution >= 0.6 is 0 Å². The minimum atomic E-state index is 0.730. The molecule has 0 radical (unpaired) electrons. The fourth-order valence-corrected chi connectivity index (χ4v) is 2.45. The van der Waals surface area contributed by atoms with Gasteiger partial charge in [-0.15, -0.1) is 0 Å². The van der Waals surface area contributed by atoms with Crippen molar-refractivity contribution in [3.05, 3.63) is 47.8 Å². The van der Waals surface area contributed by atoms with Crippen LogP contribution in [0.15, 0.2) is 36.5 Å². The molecule has 0 aliphatic heterocycles. The maximum atomic E-state index is 5.67. The first-order valence-electron chi connectivity index (χ1n) is 7.20. The third-order valence-corrected chi connectivity index (χ3v) is 3.65. The van der Waals surface area contributed by atoms with Crippen LogP contribution in [0, 0.1) is 6.92 Å². The van der Waals surface area contributed by atoms with Gasteiger partial charge in [0.25, 0.3) is 0 Å². The SMILES string of the molecule is Cc1ccccc1N(CCCN)CCc1ccnn1C. The van der Waals surface area contributed by atoms with Gasteiger partial charge < -0.3 is 10.6 Å². The first-order valence-corrected chi connectivity index (χ1v) is 7.20. The molecular weight excluding hydrogens is 248 g/mol. The largest absolute Gasteiger partial charge is 0.371 e. The summed E-state index contributed by atoms with van der Waals surface area (Å²) in [6.45, 7) is 4.88. The number of nitrogens with two attached hydrogens (primary N) is 1. The van der Waals surface area contributed by atoms with Gasteiger partial charge in [-0.2, -0.15) is 5.10 Å². The summed E-state index contributed by atoms with van der Waals surface area (Å²) in [5.41, 5.74) is 9.55. The van der Waals surface area contributed by atoms with E-state index in [1.165, 1.54) is 16.9 Å². The van der Waals surface area contributed by atoms with E-state index in [2.05, 4.69) is 47.3 Å². The predicted octanol–water partition coefficient (Wildman–Crippen LogP) is 2.13. The Morgan fingerprint density at radius 2 is 2.00 bits per heavy atom. The summed E-state index contributed by atoms with van der Waals surface area (Å²) in [6.07, 6.45) is 3.86. The molecule has 2 rings (SSSR count). The highest BCUT2D eigenvalue weighted by Crippen LogP contribution is 2.20. The fourth-order valence-electron chi connectivity index (χ4n) is 2.45. The maximum absolute atomic E-state index is 5.67. The molecular formula is C16H24N4. The number of anilines is 1. The Bertz CT molecular complexity index is 533. The van der Waals surface area contributed by atoms with E-state index in [1.54, 1.807) is 0 Å². The van der Waals surface area contributed by atoms with Crippen molar-refractivity contribution in [2.45, 2.75) is 19.8 Å². The smallest absolute Gasteiger partial charge is 0.0492 e. The molecule has 0 saturated heterocycles. The van der Waals surface area contributed by atoms with Gasteiger partial charge in [-0.3, -0.25) is 4.68 Å². The molecule has 0 spiro atoms. The molecule has 0 bridgehead atoms. The minimum absolute atomic E-state index is 0.730. The average molecular weight is 272 g/mol. The van der Waals surface area contributed by atoms with E-state index in [4.69, 9.17) is 5.73 Å². The number of nitrogens with zero attached hydrogens (tertiary/aromatic N) is 3. The van der Waals surface area contributed by atoms with Gasteiger partial charge in [0.05, 0.1) is 0 Å². The van der Waals surface area contributed by atoms with E-state index in [0.717, 1.165) is 32.5 Å². The monoisotopic (exact) mass is 272 g/mol. The van der Waals surface area contributed by atoms with Crippen LogP contribution in [0.4, 0.5) is 5.69 Å². The van der Waals surface area contributed by atoms with Crippen LogP contribution < -0.4 is 10.6 Å². The normalized spacial score (nSPS) is 10.8. The molecule has 4 heteroatoms. The van der Waals surface area contributed by atoms with Gasteiger partial charge in [-0.05, 0) is 37.6 Å². The Balaban J connectivity index is 2.08. The van der Waals surface area contributed by atoms with Gasteiger partial charge in [0.1, 0.15) is 0 Å². The Morgan fingerprint density at radius 3 is 2.65 bits per heavy atom. The van der Waals surface area contributed by atoms with Crippen molar-refractivity contribution in [3.8, 4) is 0 Å². The molecule has 0 unspecified atom stereocenters. The lowest BCUT2D eigenvalue weighted by molar-refractivity contribution is 0.674. The first-order chi connectivity index (χ1) is 9.72. The number of hydrogen-bond donors (Lipinski definition) is 1. The van der Waals surface area contributed by atoms with Crippen LogP contribution in [-0.2, 0) is 13.5 Å². The summed E-state index contributed by atoms with van der Waals surface area (Å²) in [6, 6.07) is 10.6. The second kappa shape index (κ2) is 7.10. The molecule has 0 aliphatic rings. The van der Waals surface area contributed by atoms with Crippen LogP contribution in [0.3, 0.4) is 0 Å². The summed E-state index contributed by atoms with van der Waals surface area (Å²) in [7, 11) is 1.99. The Labute approximate surface area is 121 Å². The van der Waals surface area contributed by atoms with Crippen molar-refractivity contribution in [2.75, 3.05) is 24.5 Å². The standard InChI is InChI=1S/C16H24N4/c1-14-6-3-4-7-16(14)20(12-5-10-17)13-9-15-8-11-18-19(15)2/h3-4,6-8,11H,5,9-10,12-13,17H2,1-2H3. The molecule has 1 aromatic heterocycles. The highest BCUT2D eigenvalue weighted by atomic mass is 15.3. The lowest BCUT2D eigenvalue weighted by Gasteiger charge is -2.26. The molecule has 0 aliphatic carbocycles. The Kier molecular flexibility index (Phi) is 5.18. The van der Waals surface area contributed by atoms with Crippen molar-refractivity contribution in [1.82, 2.24) is 9.78 Å². The fraction of sp³-hybridized carbons (Fsp3) is 0.438. The third kappa shape index (κ3) is 3.61. The molecule has 2 aromatic rings. The van der Waals surface area contributed by atoms with Crippen LogP contribution in [0.2, 0.25) is 0 Å². The number of rotatable bonds is 7. The molecule has 0 fully saturated rings. The molecule has 1 heterocycles. The summed E-state index contributed by atoms with van der Waals surface area (Å²) in [5, 5.41) is 4.23. The van der Waals surface area contributed by atoms with Crippen LogP contribution in [-0.4, -0.2) is 29.4 Å². The van der Waals surface area contributed by atoms with Gasteiger partial charge in [0.2, 0.25) is 0 Å². The van der Waals surface area contributed by atoms with Gasteiger partial charge in [0.15, 0.2) is 0 Å². The zero-order chi connectivity index (χ0) is 14.4. The van der Waals surface area contributed by atoms with E-state index in [-0.39, 0.29) is 0 Å². The topological polar surface area (TPSA) is 47.1 Å². The molecule has 0 saturated carbocycles. The molecule has 0 amide bonds. The lowest BCUT2D eigenvalue weighted by atomic mass is 10.1. The van der Waals surface area contributed by atoms with Gasteiger partial charge in [-0.1, -0.05) is 18.2 Å². The van der Waals surface area contributed by atoms with E-state index in [1.807, 2.05) is 17.9 Å². The van der Waals surface area contributed by atoms with Crippen molar-refractivity contribution in [1.29, 1.82) is 0 Å². The van der Waals surface area contributed by atoms with Crippen molar-refractivity contribution in [3.63, 3.8) is 0 Å². The van der Waals surface area contributed by atoms with E-state index in [0.29, 0.717) is 0 Å². The molecule has 108 valence electrons. The molecule has 20 heavy (non-hydrogen) atoms. The quantitative estimate of drug-likeness (QED) is 0.840. The zero-order valence-electron chi connectivity index (χ0n) is 12.4. The Hall–Kier alpha value is -1.81. The van der Waals surface area contributed by atoms with E-state index in [9.17, 15) is 0 Å². The summed E-state index contributed by atoms with van der Waals surface area (Å²) >= 11 is 0. The van der Waals surface area contributed by atoms with Crippen LogP contribution in [0.5, 0.6) is 0 Å². The van der Waals surface area contributed by atoms with Gasteiger partial charge in [0, 0.05) is 44.1 Å². The maximum Gasteiger partial charge on any atom is 0.0492 e. The summed E-state index contributed by atoms with van der Waals surface area (Å²) in [4.78, 5) is 2.43. The van der Waals surface area contributed by atoms with E-state index < -0.39 is 0 Å². The summed E-state index contributed by atoms with van der Waals surface area (Å²) < 4.78 is 1.94. The minimum Gasteiger partial charge on any atom is -0.371 e. The van der Waals surface area contributed by atoms with Crippen LogP contribution in [0.1, 0.15) is 17.7 Å². The highest BCUT2D eigenvalue weighted by Gasteiger charge is 2.09. The number of benzene rings is 1. The van der Waals surface area contributed by atoms with Crippen molar-refractivity contribution < 1.29 is 0 Å². The first kappa shape index (κ1) is 14.6. The summed E-state index contributed by atoms with van der Waals surface area (Å²) in [5.74, 6) is 0. The van der Waals surface area contributed by atoms with Gasteiger partial charge >= 0.3 is 0 Å². The molecule has 0 atom stereocenters. The number of aromatic nitrogens is 2. The van der Waals surface area contributed by atoms with Crippen molar-refractivity contribution >= 4 is 5.69 Å². The number of aryl methyl sites for hydroxylation is 2. The molecule has 1 aromatic carbocycles. The molecule has 2 N–H and O–H groups in total. The van der Waals surface area contributed by atoms with Crippen LogP contribution in [0.25, 0.3) is 0 Å². The van der Waals surface area contributed by atoms with E-state index >= 15 is 0 Å². The van der Waals surface area contributed by atoms with Crippen molar-refractivity contribution in [2.24, 2.45) is 12.8 Å². The lowest BCUT2D eigenvalue weighted by Crippen LogP contribution is -2.29. The number of para-hydroxylation sites is 1. The van der Waals surface area contributed by atoms with Gasteiger partial charge in [-0.25, -0.2) is 0 Å². The third-order valence-electron chi connectivity index (χ3n) is 3.65. The second-order valence-corrected chi connectivity index (χ2v) is 5.11.